The molecular weight excluding hydrogens is 480 g/mol. The zero-order valence-corrected chi connectivity index (χ0v) is 24.2. The second-order valence-electron chi connectivity index (χ2n) is 13.4. The second kappa shape index (κ2) is 14.3. The summed E-state index contributed by atoms with van der Waals surface area (Å²) in [7, 11) is 0. The van der Waals surface area contributed by atoms with E-state index in [4.69, 9.17) is 24.0 Å². The monoisotopic (exact) mass is 534 g/mol. The van der Waals surface area contributed by atoms with Crippen LogP contribution in [0.2, 0.25) is 0 Å². The lowest BCUT2D eigenvalue weighted by Crippen LogP contribution is -2.37. The molecule has 0 spiro atoms. The van der Waals surface area contributed by atoms with Crippen LogP contribution in [0.15, 0.2) is 0 Å². The third-order valence-electron chi connectivity index (χ3n) is 10.8. The summed E-state index contributed by atoms with van der Waals surface area (Å²) in [5.41, 5.74) is 0. The molecule has 0 radical (unpaired) electrons. The van der Waals surface area contributed by atoms with E-state index in [1.54, 1.807) is 0 Å². The molecule has 218 valence electrons. The predicted octanol–water partition coefficient (Wildman–Crippen LogP) is 7.03. The van der Waals surface area contributed by atoms with Crippen LogP contribution in [0.4, 0.5) is 0 Å². The van der Waals surface area contributed by atoms with Crippen LogP contribution in [0, 0.1) is 35.5 Å². The van der Waals surface area contributed by atoms with Gasteiger partial charge in [-0.15, -0.1) is 0 Å². The Morgan fingerprint density at radius 3 is 1.87 bits per heavy atom. The number of ether oxygens (including phenoxy) is 3. The summed E-state index contributed by atoms with van der Waals surface area (Å²) in [6.45, 7) is 6.04. The van der Waals surface area contributed by atoms with Crippen LogP contribution >= 0.6 is 0 Å². The quantitative estimate of drug-likeness (QED) is 0.161. The molecule has 3 saturated carbocycles. The minimum Gasteiger partial charge on any atom is -0.457 e. The van der Waals surface area contributed by atoms with Gasteiger partial charge in [0.05, 0.1) is 25.7 Å². The first kappa shape index (κ1) is 28.8. The minimum absolute atomic E-state index is 0.0320. The van der Waals surface area contributed by atoms with Gasteiger partial charge in [-0.25, -0.2) is 9.78 Å². The van der Waals surface area contributed by atoms with Gasteiger partial charge in [0.25, 0.3) is 0 Å². The van der Waals surface area contributed by atoms with Crippen molar-refractivity contribution in [2.75, 3.05) is 19.8 Å². The van der Waals surface area contributed by atoms with Gasteiger partial charge < -0.3 is 14.2 Å². The summed E-state index contributed by atoms with van der Waals surface area (Å²) < 4.78 is 17.8. The van der Waals surface area contributed by atoms with Gasteiger partial charge in [-0.2, -0.15) is 0 Å². The summed E-state index contributed by atoms with van der Waals surface area (Å²) in [4.78, 5) is 24.3. The van der Waals surface area contributed by atoms with Crippen LogP contribution in [-0.2, 0) is 28.8 Å². The molecule has 1 unspecified atom stereocenters. The van der Waals surface area contributed by atoms with Crippen LogP contribution in [0.3, 0.4) is 0 Å². The van der Waals surface area contributed by atoms with Crippen LogP contribution in [0.1, 0.15) is 117 Å². The zero-order valence-electron chi connectivity index (χ0n) is 24.2. The first-order chi connectivity index (χ1) is 18.6. The molecule has 6 heteroatoms. The van der Waals surface area contributed by atoms with Crippen molar-refractivity contribution in [1.29, 1.82) is 0 Å². The first-order valence-corrected chi connectivity index (χ1v) is 16.3. The van der Waals surface area contributed by atoms with Crippen molar-refractivity contribution in [1.82, 2.24) is 0 Å². The highest BCUT2D eigenvalue weighted by Gasteiger charge is 2.51. The van der Waals surface area contributed by atoms with Crippen molar-refractivity contribution in [3.05, 3.63) is 0 Å². The lowest BCUT2D eigenvalue weighted by molar-refractivity contribution is -0.339. The molecule has 5 aliphatic rings. The molecule has 0 amide bonds. The van der Waals surface area contributed by atoms with E-state index in [2.05, 4.69) is 13.8 Å². The molecule has 0 N–H and O–H groups in total. The van der Waals surface area contributed by atoms with Gasteiger partial charge >= 0.3 is 5.97 Å². The lowest BCUT2D eigenvalue weighted by Gasteiger charge is -2.34. The molecule has 0 aromatic rings. The number of hydrogen-bond donors (Lipinski definition) is 0. The molecule has 0 aromatic carbocycles. The third kappa shape index (κ3) is 7.53. The van der Waals surface area contributed by atoms with Gasteiger partial charge in [-0.05, 0) is 74.5 Å². The molecule has 2 saturated heterocycles. The second-order valence-corrected chi connectivity index (χ2v) is 13.4. The van der Waals surface area contributed by atoms with Gasteiger partial charge in [-0.1, -0.05) is 71.6 Å². The Bertz CT molecular complexity index is 705. The minimum atomic E-state index is -0.332. The molecule has 0 aromatic heterocycles. The fourth-order valence-corrected chi connectivity index (χ4v) is 8.16. The maximum atomic E-state index is 12.7. The molecule has 2 heterocycles. The number of fused-ring (bicyclic) bond motifs is 1. The van der Waals surface area contributed by atoms with E-state index in [0.29, 0.717) is 25.7 Å². The Balaban J connectivity index is 0.946. The van der Waals surface area contributed by atoms with Crippen molar-refractivity contribution in [2.45, 2.75) is 141 Å². The SMILES string of the molecule is CCCC1CCC(CC2CCC(COO[C@H]3CO[C@@H]4C(OC(=O)C5CCC(CC)CC5)CO[C@H]34)CC2)CC1. The number of hydrogen-bond acceptors (Lipinski definition) is 6. The Hall–Kier alpha value is -0.690. The van der Waals surface area contributed by atoms with Crippen molar-refractivity contribution >= 4 is 5.97 Å². The van der Waals surface area contributed by atoms with Crippen LogP contribution < -0.4 is 0 Å². The van der Waals surface area contributed by atoms with Crippen LogP contribution in [0.25, 0.3) is 0 Å². The van der Waals surface area contributed by atoms with Gasteiger partial charge in [0, 0.05) is 0 Å². The molecule has 3 aliphatic carbocycles. The Kier molecular flexibility index (Phi) is 10.8. The van der Waals surface area contributed by atoms with E-state index in [0.717, 1.165) is 49.4 Å². The van der Waals surface area contributed by atoms with Crippen molar-refractivity contribution in [3.8, 4) is 0 Å². The topological polar surface area (TPSA) is 63.2 Å². The van der Waals surface area contributed by atoms with E-state index in [1.807, 2.05) is 0 Å². The van der Waals surface area contributed by atoms with Crippen molar-refractivity contribution in [2.24, 2.45) is 35.5 Å². The molecule has 5 rings (SSSR count). The highest BCUT2D eigenvalue weighted by molar-refractivity contribution is 5.72. The van der Waals surface area contributed by atoms with Gasteiger partial charge in [-0.3, -0.25) is 4.79 Å². The zero-order chi connectivity index (χ0) is 26.3. The van der Waals surface area contributed by atoms with E-state index in [-0.39, 0.29) is 36.3 Å². The Morgan fingerprint density at radius 1 is 0.684 bits per heavy atom. The molecule has 0 bridgehead atoms. The molecule has 5 fully saturated rings. The van der Waals surface area contributed by atoms with E-state index < -0.39 is 0 Å². The average Bonchev–Trinajstić information content (AvgIpc) is 3.54. The van der Waals surface area contributed by atoms with Crippen molar-refractivity contribution < 1.29 is 28.8 Å². The highest BCUT2D eigenvalue weighted by atomic mass is 17.2. The summed E-state index contributed by atoms with van der Waals surface area (Å²) in [6, 6.07) is 0. The third-order valence-corrected chi connectivity index (χ3v) is 10.8. The molecule has 6 nitrogen and oxygen atoms in total. The fourth-order valence-electron chi connectivity index (χ4n) is 8.16. The number of carbonyl (C=O) groups excluding carboxylic acids is 1. The molecule has 38 heavy (non-hydrogen) atoms. The Morgan fingerprint density at radius 2 is 1.24 bits per heavy atom. The van der Waals surface area contributed by atoms with Gasteiger partial charge in [0.15, 0.2) is 6.10 Å². The lowest BCUT2D eigenvalue weighted by atomic mass is 9.73. The van der Waals surface area contributed by atoms with E-state index >= 15 is 0 Å². The van der Waals surface area contributed by atoms with E-state index in [1.165, 1.54) is 77.0 Å². The number of esters is 1. The normalized spacial score (nSPS) is 41.6. The van der Waals surface area contributed by atoms with Gasteiger partial charge in [0.1, 0.15) is 18.3 Å². The number of rotatable bonds is 11. The number of carbonyl (C=O) groups is 1. The molecular formula is C32H54O6. The fraction of sp³-hybridized carbons (Fsp3) is 0.969. The summed E-state index contributed by atoms with van der Waals surface area (Å²) >= 11 is 0. The summed E-state index contributed by atoms with van der Waals surface area (Å²) in [5, 5.41) is 0. The first-order valence-electron chi connectivity index (χ1n) is 16.3. The largest absolute Gasteiger partial charge is 0.457 e. The van der Waals surface area contributed by atoms with E-state index in [9.17, 15) is 4.79 Å². The highest BCUT2D eigenvalue weighted by Crippen LogP contribution is 2.40. The van der Waals surface area contributed by atoms with Crippen molar-refractivity contribution in [3.63, 3.8) is 0 Å². The van der Waals surface area contributed by atoms with Crippen LogP contribution in [-0.4, -0.2) is 50.2 Å². The van der Waals surface area contributed by atoms with Crippen LogP contribution in [0.5, 0.6) is 0 Å². The maximum absolute atomic E-state index is 12.7. The molecule has 2 aliphatic heterocycles. The maximum Gasteiger partial charge on any atom is 0.309 e. The smallest absolute Gasteiger partial charge is 0.309 e. The average molecular weight is 535 g/mol. The summed E-state index contributed by atoms with van der Waals surface area (Å²) in [6.07, 6.45) is 19.6. The standard InChI is InChI=1S/C32H54O6/c1-3-5-23-6-8-24(9-7-23)18-25-10-12-26(13-11-25)19-36-38-29-21-35-30-28(20-34-31(29)30)37-32(33)27-16-14-22(4-2)15-17-27/h22-31H,3-21H2,1-2H3/t22?,23?,24?,25?,26?,27?,28?,29-,30+,31+/m0/s1. The molecule has 4 atom stereocenters. The summed E-state index contributed by atoms with van der Waals surface area (Å²) in [5.74, 6) is 4.22. The predicted molar refractivity (Wildman–Crippen MR) is 146 cm³/mol. The van der Waals surface area contributed by atoms with Gasteiger partial charge in [0.2, 0.25) is 0 Å². The Labute approximate surface area is 231 Å².